The van der Waals surface area contributed by atoms with Crippen LogP contribution in [0.2, 0.25) is 0 Å². The highest BCUT2D eigenvalue weighted by molar-refractivity contribution is 6.07. The molecule has 0 spiro atoms. The van der Waals surface area contributed by atoms with Crippen molar-refractivity contribution in [2.24, 2.45) is 5.11 Å². The number of carbonyl (C=O) groups is 2. The summed E-state index contributed by atoms with van der Waals surface area (Å²) in [6.07, 6.45) is 3.47. The highest BCUT2D eigenvalue weighted by Gasteiger charge is 2.33. The Morgan fingerprint density at radius 1 is 1.22 bits per heavy atom. The number of amides is 2. The number of benzene rings is 1. The van der Waals surface area contributed by atoms with Gasteiger partial charge in [0.2, 0.25) is 0 Å². The minimum Gasteiger partial charge on any atom is -0.493 e. The lowest BCUT2D eigenvalue weighted by Crippen LogP contribution is -2.45. The van der Waals surface area contributed by atoms with E-state index >= 15 is 0 Å². The van der Waals surface area contributed by atoms with E-state index in [2.05, 4.69) is 15.1 Å². The zero-order valence-corrected chi connectivity index (χ0v) is 22.0. The summed E-state index contributed by atoms with van der Waals surface area (Å²) in [7, 11) is 3.05. The maximum absolute atomic E-state index is 13.4. The lowest BCUT2D eigenvalue weighted by atomic mass is 10.0. The third-order valence-electron chi connectivity index (χ3n) is 6.45. The zero-order chi connectivity index (χ0) is 27.2. The van der Waals surface area contributed by atoms with Gasteiger partial charge in [-0.2, -0.15) is 5.10 Å². The number of methoxy groups -OCH3 is 2. The second kappa shape index (κ2) is 11.9. The molecule has 200 valence electrons. The van der Waals surface area contributed by atoms with Gasteiger partial charge in [-0.1, -0.05) is 5.11 Å². The first-order valence-electron chi connectivity index (χ1n) is 12.3. The molecule has 2 amide bonds. The number of fused-ring (bicyclic) bond motifs is 1. The van der Waals surface area contributed by atoms with Gasteiger partial charge in [0.25, 0.3) is 5.91 Å². The summed E-state index contributed by atoms with van der Waals surface area (Å²) in [6.45, 7) is 7.03. The van der Waals surface area contributed by atoms with E-state index in [1.165, 1.54) is 19.1 Å². The average Bonchev–Trinajstić information content (AvgIpc) is 3.29. The second-order valence-corrected chi connectivity index (χ2v) is 9.84. The first kappa shape index (κ1) is 27.7. The molecule has 0 saturated heterocycles. The maximum atomic E-state index is 13.4. The Labute approximate surface area is 216 Å². The van der Waals surface area contributed by atoms with Gasteiger partial charge in [0.05, 0.1) is 37.8 Å². The third kappa shape index (κ3) is 6.26. The number of carboxylic acid groups (broad SMARTS) is 1. The Bertz CT molecular complexity index is 1170. The second-order valence-electron chi connectivity index (χ2n) is 9.84. The summed E-state index contributed by atoms with van der Waals surface area (Å²) in [5.41, 5.74) is 10.4. The summed E-state index contributed by atoms with van der Waals surface area (Å²) in [6, 6.07) is 4.59. The van der Waals surface area contributed by atoms with Crippen LogP contribution in [0.5, 0.6) is 11.5 Å². The maximum Gasteiger partial charge on any atom is 0.407 e. The number of hydrogen-bond acceptors (Lipinski definition) is 6. The van der Waals surface area contributed by atoms with Crippen molar-refractivity contribution in [3.05, 3.63) is 46.1 Å². The Morgan fingerprint density at radius 2 is 1.95 bits per heavy atom. The molecule has 3 rings (SSSR count). The molecule has 2 heterocycles. The minimum atomic E-state index is -0.926. The van der Waals surface area contributed by atoms with E-state index in [9.17, 15) is 14.7 Å². The fraction of sp³-hybridized carbons (Fsp3) is 0.560. The summed E-state index contributed by atoms with van der Waals surface area (Å²) >= 11 is 0. The van der Waals surface area contributed by atoms with E-state index in [1.807, 2.05) is 20.8 Å². The lowest BCUT2D eigenvalue weighted by molar-refractivity contribution is 0.0975. The Morgan fingerprint density at radius 3 is 2.57 bits per heavy atom. The Balaban J connectivity index is 1.75. The molecule has 1 unspecified atom stereocenters. The number of rotatable bonds is 10. The van der Waals surface area contributed by atoms with Crippen LogP contribution in [-0.2, 0) is 6.54 Å². The van der Waals surface area contributed by atoms with Crippen LogP contribution in [0.25, 0.3) is 10.4 Å². The quantitative estimate of drug-likeness (QED) is 0.199. The van der Waals surface area contributed by atoms with Crippen LogP contribution in [0.3, 0.4) is 0 Å². The number of ether oxygens (including phenoxy) is 2. The van der Waals surface area contributed by atoms with E-state index < -0.39 is 17.7 Å². The molecule has 1 atom stereocenters. The molecule has 2 aromatic rings. The topological polar surface area (TPSA) is 146 Å². The summed E-state index contributed by atoms with van der Waals surface area (Å²) < 4.78 is 12.4. The molecule has 0 fully saturated rings. The van der Waals surface area contributed by atoms with Crippen molar-refractivity contribution in [3.8, 4) is 11.5 Å². The zero-order valence-electron chi connectivity index (χ0n) is 22.0. The Hall–Kier alpha value is -3.92. The number of azide groups is 1. The van der Waals surface area contributed by atoms with Crippen LogP contribution in [0, 0.1) is 0 Å². The average molecular weight is 514 g/mol. The largest absolute Gasteiger partial charge is 0.493 e. The molecule has 1 aliphatic heterocycles. The van der Waals surface area contributed by atoms with Crippen LogP contribution in [-0.4, -0.2) is 64.6 Å². The molecule has 0 bridgehead atoms. The predicted molar refractivity (Wildman–Crippen MR) is 138 cm³/mol. The number of anilines is 1. The molecule has 1 aromatic heterocycles. The van der Waals surface area contributed by atoms with E-state index in [1.54, 1.807) is 34.0 Å². The van der Waals surface area contributed by atoms with Crippen LogP contribution in [0.4, 0.5) is 10.5 Å². The van der Waals surface area contributed by atoms with Gasteiger partial charge in [0.1, 0.15) is 0 Å². The van der Waals surface area contributed by atoms with Gasteiger partial charge < -0.3 is 24.4 Å². The van der Waals surface area contributed by atoms with Crippen molar-refractivity contribution in [1.29, 1.82) is 0 Å². The van der Waals surface area contributed by atoms with Gasteiger partial charge in [-0.25, -0.2) is 4.79 Å². The van der Waals surface area contributed by atoms with Crippen molar-refractivity contribution in [1.82, 2.24) is 14.7 Å². The fourth-order valence-electron chi connectivity index (χ4n) is 4.56. The molecule has 1 aliphatic rings. The van der Waals surface area contributed by atoms with Crippen molar-refractivity contribution >= 4 is 17.7 Å². The molecule has 1 N–H and O–H groups in total. The summed E-state index contributed by atoms with van der Waals surface area (Å²) in [4.78, 5) is 31.1. The van der Waals surface area contributed by atoms with Gasteiger partial charge in [0.15, 0.2) is 11.5 Å². The highest BCUT2D eigenvalue weighted by Crippen LogP contribution is 2.38. The number of carbonyl (C=O) groups excluding carboxylic acids is 1. The number of nitrogens with zero attached hydrogens (tertiary/aromatic N) is 7. The molecular weight excluding hydrogens is 478 g/mol. The first-order chi connectivity index (χ1) is 17.6. The van der Waals surface area contributed by atoms with E-state index in [4.69, 9.17) is 15.0 Å². The molecule has 1 aromatic carbocycles. The van der Waals surface area contributed by atoms with Crippen LogP contribution in [0.1, 0.15) is 68.5 Å². The van der Waals surface area contributed by atoms with Crippen LogP contribution < -0.4 is 14.4 Å². The number of hydrogen-bond donors (Lipinski definition) is 1. The fourth-order valence-corrected chi connectivity index (χ4v) is 4.56. The van der Waals surface area contributed by atoms with E-state index in [0.717, 1.165) is 19.3 Å². The van der Waals surface area contributed by atoms with Gasteiger partial charge in [0, 0.05) is 35.6 Å². The van der Waals surface area contributed by atoms with Crippen LogP contribution >= 0.6 is 0 Å². The monoisotopic (exact) mass is 513 g/mol. The molecule has 12 heteroatoms. The normalized spacial score (nSPS) is 14.9. The number of unbranched alkanes of at least 4 members (excludes halogenated alkanes) is 2. The minimum absolute atomic E-state index is 0.211. The van der Waals surface area contributed by atoms with Gasteiger partial charge in [-0.3, -0.25) is 9.48 Å². The predicted octanol–water partition coefficient (Wildman–Crippen LogP) is 5.25. The van der Waals surface area contributed by atoms with E-state index in [0.29, 0.717) is 54.5 Å². The third-order valence-corrected chi connectivity index (χ3v) is 6.45. The van der Waals surface area contributed by atoms with Crippen molar-refractivity contribution < 1.29 is 24.2 Å². The molecule has 12 nitrogen and oxygen atoms in total. The lowest BCUT2D eigenvalue weighted by Gasteiger charge is -2.33. The number of aromatic nitrogens is 2. The van der Waals surface area contributed by atoms with Crippen LogP contribution in [0.15, 0.2) is 29.5 Å². The molecule has 0 radical (unpaired) electrons. The number of aryl methyl sites for hydroxylation is 1. The van der Waals surface area contributed by atoms with Crippen molar-refractivity contribution in [2.75, 3.05) is 32.2 Å². The standard InChI is InChI=1S/C25H35N7O5/c1-25(2,3)31(24(34)35)12-7-6-8-13-32-22-18(28-29-26)11-14-30(19(22)16-27-32)23(33)17-9-10-20(36-4)21(15-17)37-5/h9-10,15-16,18H,6-8,11-14H2,1-5H3,(H,34,35). The Kier molecular flexibility index (Phi) is 8.88. The molecular formula is C25H35N7O5. The molecule has 37 heavy (non-hydrogen) atoms. The SMILES string of the molecule is COc1ccc(C(=O)N2CCC(N=[N+]=[N-])c3c2cnn3CCCCCN(C(=O)O)C(C)(C)C)cc1OC. The summed E-state index contributed by atoms with van der Waals surface area (Å²) in [5.74, 6) is 0.779. The molecule has 0 saturated carbocycles. The first-order valence-corrected chi connectivity index (χ1v) is 12.3. The van der Waals surface area contributed by atoms with E-state index in [-0.39, 0.29) is 5.91 Å². The molecule has 0 aliphatic carbocycles. The smallest absolute Gasteiger partial charge is 0.407 e. The van der Waals surface area contributed by atoms with Crippen molar-refractivity contribution in [3.63, 3.8) is 0 Å². The summed E-state index contributed by atoms with van der Waals surface area (Å²) in [5, 5.41) is 17.9. The van der Waals surface area contributed by atoms with Crippen molar-refractivity contribution in [2.45, 2.75) is 64.6 Å². The van der Waals surface area contributed by atoms with Gasteiger partial charge in [-0.05, 0) is 70.2 Å². The van der Waals surface area contributed by atoms with Gasteiger partial charge >= 0.3 is 6.09 Å². The highest BCUT2D eigenvalue weighted by atomic mass is 16.5. The van der Waals surface area contributed by atoms with Gasteiger partial charge in [-0.15, -0.1) is 0 Å².